The normalized spacial score (nSPS) is 12.2. The number of hydrogen-bond donors (Lipinski definition) is 2. The van der Waals surface area contributed by atoms with Gasteiger partial charge in [-0.3, -0.25) is 14.0 Å². The van der Waals surface area contributed by atoms with Gasteiger partial charge in [-0.25, -0.2) is 4.98 Å². The molecule has 3 aromatic rings. The minimum absolute atomic E-state index is 0.0216. The number of benzene rings is 1. The molecule has 0 fully saturated rings. The van der Waals surface area contributed by atoms with Crippen LogP contribution in [0.25, 0.3) is 16.9 Å². The van der Waals surface area contributed by atoms with Gasteiger partial charge >= 0.3 is 0 Å². The van der Waals surface area contributed by atoms with Gasteiger partial charge in [-0.15, -0.1) is 0 Å². The van der Waals surface area contributed by atoms with Crippen molar-refractivity contribution in [2.75, 3.05) is 6.54 Å². The first-order valence-electron chi connectivity index (χ1n) is 7.64. The van der Waals surface area contributed by atoms with Crippen LogP contribution in [0.1, 0.15) is 23.7 Å². The molecule has 116 valence electrons. The van der Waals surface area contributed by atoms with Crippen LogP contribution in [0.2, 0.25) is 0 Å². The van der Waals surface area contributed by atoms with Gasteiger partial charge in [0.25, 0.3) is 5.56 Å². The number of hydrogen-bond acceptors (Lipinski definition) is 3. The van der Waals surface area contributed by atoms with E-state index >= 15 is 0 Å². The summed E-state index contributed by atoms with van der Waals surface area (Å²) in [6.07, 6.45) is 4.53. The van der Waals surface area contributed by atoms with Crippen LogP contribution in [0.4, 0.5) is 0 Å². The number of rotatable bonds is 3. The SMILES string of the molecule is CCNC(=O)Cc1ccc2c(c1)Cc1c-2[nH]c(=O)c2nccn12. The van der Waals surface area contributed by atoms with Crippen molar-refractivity contribution in [1.82, 2.24) is 19.7 Å². The largest absolute Gasteiger partial charge is 0.356 e. The summed E-state index contributed by atoms with van der Waals surface area (Å²) in [7, 11) is 0. The van der Waals surface area contributed by atoms with Crippen LogP contribution in [0.5, 0.6) is 0 Å². The Morgan fingerprint density at radius 1 is 1.43 bits per heavy atom. The summed E-state index contributed by atoms with van der Waals surface area (Å²) in [6.45, 7) is 2.54. The Balaban J connectivity index is 1.76. The van der Waals surface area contributed by atoms with E-state index in [9.17, 15) is 9.59 Å². The van der Waals surface area contributed by atoms with E-state index in [0.717, 1.165) is 34.5 Å². The third kappa shape index (κ3) is 2.14. The van der Waals surface area contributed by atoms with E-state index in [2.05, 4.69) is 15.3 Å². The lowest BCUT2D eigenvalue weighted by atomic mass is 10.0. The average molecular weight is 308 g/mol. The maximum absolute atomic E-state index is 12.1. The fourth-order valence-electron chi connectivity index (χ4n) is 3.22. The number of fused-ring (bicyclic) bond motifs is 5. The van der Waals surface area contributed by atoms with Crippen LogP contribution in [-0.2, 0) is 17.6 Å². The molecule has 0 spiro atoms. The third-order valence-corrected chi connectivity index (χ3v) is 4.20. The average Bonchev–Trinajstić information content (AvgIpc) is 3.12. The minimum atomic E-state index is -0.187. The van der Waals surface area contributed by atoms with Gasteiger partial charge in [0.15, 0.2) is 0 Å². The monoisotopic (exact) mass is 308 g/mol. The molecule has 23 heavy (non-hydrogen) atoms. The van der Waals surface area contributed by atoms with Gasteiger partial charge in [-0.2, -0.15) is 0 Å². The number of nitrogens with zero attached hydrogens (tertiary/aromatic N) is 2. The van der Waals surface area contributed by atoms with E-state index in [1.54, 1.807) is 6.20 Å². The number of H-pyrrole nitrogens is 1. The summed E-state index contributed by atoms with van der Waals surface area (Å²) in [6, 6.07) is 5.97. The number of aromatic nitrogens is 3. The molecular weight excluding hydrogens is 292 g/mol. The van der Waals surface area contributed by atoms with Crippen molar-refractivity contribution in [3.8, 4) is 11.3 Å². The fourth-order valence-corrected chi connectivity index (χ4v) is 3.22. The summed E-state index contributed by atoms with van der Waals surface area (Å²) in [5.41, 5.74) is 5.23. The van der Waals surface area contributed by atoms with Gasteiger partial charge in [-0.05, 0) is 18.1 Å². The van der Waals surface area contributed by atoms with Crippen LogP contribution in [-0.4, -0.2) is 26.8 Å². The summed E-state index contributed by atoms with van der Waals surface area (Å²) in [5.74, 6) is 0.0216. The topological polar surface area (TPSA) is 79.3 Å². The number of imidazole rings is 1. The second kappa shape index (κ2) is 5.08. The zero-order chi connectivity index (χ0) is 16.0. The lowest BCUT2D eigenvalue weighted by Gasteiger charge is -2.05. The molecule has 1 aliphatic rings. The molecule has 6 nitrogen and oxygen atoms in total. The predicted octanol–water partition coefficient (Wildman–Crippen LogP) is 1.27. The Kier molecular flexibility index (Phi) is 3.04. The number of likely N-dealkylation sites (N-methyl/N-ethyl adjacent to an activating group) is 1. The van der Waals surface area contributed by atoms with Crippen LogP contribution < -0.4 is 10.9 Å². The van der Waals surface area contributed by atoms with E-state index in [1.807, 2.05) is 35.7 Å². The smallest absolute Gasteiger partial charge is 0.292 e. The molecule has 1 amide bonds. The van der Waals surface area contributed by atoms with Crippen molar-refractivity contribution in [2.45, 2.75) is 19.8 Å². The first-order valence-corrected chi connectivity index (χ1v) is 7.64. The Morgan fingerprint density at radius 2 is 2.30 bits per heavy atom. The zero-order valence-electron chi connectivity index (χ0n) is 12.7. The van der Waals surface area contributed by atoms with Gasteiger partial charge in [0.2, 0.25) is 11.6 Å². The molecule has 0 aliphatic heterocycles. The molecule has 0 bridgehead atoms. The highest BCUT2D eigenvalue weighted by Gasteiger charge is 2.23. The molecule has 0 saturated carbocycles. The summed E-state index contributed by atoms with van der Waals surface area (Å²) >= 11 is 0. The molecule has 6 heteroatoms. The molecule has 1 aromatic carbocycles. The van der Waals surface area contributed by atoms with Crippen molar-refractivity contribution < 1.29 is 4.79 Å². The molecule has 1 aliphatic carbocycles. The van der Waals surface area contributed by atoms with Crippen LogP contribution in [0, 0.1) is 0 Å². The number of nitrogens with one attached hydrogen (secondary N) is 2. The van der Waals surface area contributed by atoms with Crippen molar-refractivity contribution in [3.05, 3.63) is 57.8 Å². The molecular formula is C17H16N4O2. The molecule has 2 aromatic heterocycles. The van der Waals surface area contributed by atoms with Gasteiger partial charge in [0.1, 0.15) is 0 Å². The van der Waals surface area contributed by atoms with Gasteiger partial charge in [0, 0.05) is 30.9 Å². The second-order valence-electron chi connectivity index (χ2n) is 5.70. The van der Waals surface area contributed by atoms with Crippen LogP contribution >= 0.6 is 0 Å². The first-order chi connectivity index (χ1) is 11.2. The van der Waals surface area contributed by atoms with Crippen LogP contribution in [0.3, 0.4) is 0 Å². The van der Waals surface area contributed by atoms with Crippen molar-refractivity contribution in [1.29, 1.82) is 0 Å². The molecule has 0 radical (unpaired) electrons. The summed E-state index contributed by atoms with van der Waals surface area (Å²) in [4.78, 5) is 30.9. The number of aromatic amines is 1. The van der Waals surface area contributed by atoms with Crippen molar-refractivity contribution >= 4 is 11.6 Å². The molecule has 2 heterocycles. The number of amides is 1. The Bertz CT molecular complexity index is 984. The fraction of sp³-hybridized carbons (Fsp3) is 0.235. The van der Waals surface area contributed by atoms with Crippen molar-refractivity contribution in [2.24, 2.45) is 0 Å². The quantitative estimate of drug-likeness (QED) is 0.598. The van der Waals surface area contributed by atoms with E-state index in [0.29, 0.717) is 18.6 Å². The molecule has 2 N–H and O–H groups in total. The lowest BCUT2D eigenvalue weighted by molar-refractivity contribution is -0.120. The lowest BCUT2D eigenvalue weighted by Crippen LogP contribution is -2.24. The molecule has 0 atom stereocenters. The first kappa shape index (κ1) is 13.8. The van der Waals surface area contributed by atoms with Crippen LogP contribution in [0.15, 0.2) is 35.4 Å². The van der Waals surface area contributed by atoms with E-state index in [1.165, 1.54) is 0 Å². The molecule has 0 unspecified atom stereocenters. The summed E-state index contributed by atoms with van der Waals surface area (Å²) in [5, 5.41) is 2.81. The van der Waals surface area contributed by atoms with E-state index < -0.39 is 0 Å². The van der Waals surface area contributed by atoms with Crippen molar-refractivity contribution in [3.63, 3.8) is 0 Å². The highest BCUT2D eigenvalue weighted by Crippen LogP contribution is 2.34. The highest BCUT2D eigenvalue weighted by atomic mass is 16.1. The minimum Gasteiger partial charge on any atom is -0.356 e. The van der Waals surface area contributed by atoms with Gasteiger partial charge in [0.05, 0.1) is 17.8 Å². The van der Waals surface area contributed by atoms with Gasteiger partial charge < -0.3 is 10.3 Å². The Hall–Kier alpha value is -2.89. The summed E-state index contributed by atoms with van der Waals surface area (Å²) < 4.78 is 1.84. The molecule has 4 rings (SSSR count). The maximum atomic E-state index is 12.1. The second-order valence-corrected chi connectivity index (χ2v) is 5.70. The number of carbonyl (C=O) groups excluding carboxylic acids is 1. The maximum Gasteiger partial charge on any atom is 0.292 e. The third-order valence-electron chi connectivity index (χ3n) is 4.20. The van der Waals surface area contributed by atoms with Gasteiger partial charge in [-0.1, -0.05) is 18.2 Å². The molecule has 0 saturated heterocycles. The standard InChI is InChI=1S/C17H16N4O2/c1-2-18-14(22)8-10-3-4-12-11(7-10)9-13-15(12)20-17(23)16-19-5-6-21(13)16/h3-7H,2,8-9H2,1H3,(H,18,22)(H,20,23). The Morgan fingerprint density at radius 3 is 3.13 bits per heavy atom. The zero-order valence-corrected chi connectivity index (χ0v) is 12.7. The van der Waals surface area contributed by atoms with E-state index in [-0.39, 0.29) is 11.5 Å². The van der Waals surface area contributed by atoms with E-state index in [4.69, 9.17) is 0 Å². The highest BCUT2D eigenvalue weighted by molar-refractivity contribution is 5.80. The predicted molar refractivity (Wildman–Crippen MR) is 86.4 cm³/mol. The number of carbonyl (C=O) groups is 1. The Labute approximate surface area is 132 Å².